The Morgan fingerprint density at radius 2 is 1.88 bits per heavy atom. The maximum absolute atomic E-state index is 13.9. The van der Waals surface area contributed by atoms with E-state index in [1.807, 2.05) is 31.2 Å². The molecular weight excluding hydrogens is 583 g/mol. The first kappa shape index (κ1) is 29.1. The third kappa shape index (κ3) is 5.14. The quantitative estimate of drug-likeness (QED) is 0.321. The minimum atomic E-state index is -4.70. The van der Waals surface area contributed by atoms with Gasteiger partial charge in [0.05, 0.1) is 12.1 Å². The summed E-state index contributed by atoms with van der Waals surface area (Å²) in [5.74, 6) is -2.97. The maximum atomic E-state index is 13.9. The highest BCUT2D eigenvalue weighted by Crippen LogP contribution is 2.39. The molecule has 1 fully saturated rings. The van der Waals surface area contributed by atoms with Gasteiger partial charge >= 0.3 is 12.1 Å². The third-order valence-corrected chi connectivity index (χ3v) is 10.4. The minimum Gasteiger partial charge on any atom is -0.481 e. The van der Waals surface area contributed by atoms with E-state index >= 15 is 0 Å². The van der Waals surface area contributed by atoms with Gasteiger partial charge in [0.15, 0.2) is 5.65 Å². The molecule has 2 aliphatic heterocycles. The van der Waals surface area contributed by atoms with Crippen molar-refractivity contribution in [3.8, 4) is 0 Å². The molecule has 1 saturated heterocycles. The number of hydrogen-bond acceptors (Lipinski definition) is 6. The number of sulfonamides is 1. The lowest BCUT2D eigenvalue weighted by molar-refractivity contribution is -0.145. The van der Waals surface area contributed by atoms with Crippen LogP contribution in [0.3, 0.4) is 0 Å². The summed E-state index contributed by atoms with van der Waals surface area (Å²) in [7, 11) is -3.83. The van der Waals surface area contributed by atoms with Crippen LogP contribution >= 0.6 is 0 Å². The molecule has 2 aromatic heterocycles. The Kier molecular flexibility index (Phi) is 7.20. The molecule has 13 heteroatoms. The summed E-state index contributed by atoms with van der Waals surface area (Å²) in [4.78, 5) is 14.5. The van der Waals surface area contributed by atoms with Gasteiger partial charge in [-0.1, -0.05) is 30.3 Å². The van der Waals surface area contributed by atoms with Gasteiger partial charge in [-0.2, -0.15) is 17.5 Å². The molecule has 9 nitrogen and oxygen atoms in total. The number of halogens is 3. The number of fused-ring (bicyclic) bond motifs is 4. The van der Waals surface area contributed by atoms with Crippen LogP contribution in [-0.4, -0.2) is 57.5 Å². The molecule has 1 N–H and O–H groups in total. The Labute approximate surface area is 246 Å². The summed E-state index contributed by atoms with van der Waals surface area (Å²) in [6.45, 7) is 4.67. The van der Waals surface area contributed by atoms with E-state index in [2.05, 4.69) is 15.1 Å². The summed E-state index contributed by atoms with van der Waals surface area (Å²) >= 11 is 0. The van der Waals surface area contributed by atoms with Crippen LogP contribution in [0.1, 0.15) is 58.8 Å². The van der Waals surface area contributed by atoms with E-state index in [4.69, 9.17) is 0 Å². The van der Waals surface area contributed by atoms with E-state index in [1.54, 1.807) is 25.1 Å². The highest BCUT2D eigenvalue weighted by Gasteiger charge is 2.40. The monoisotopic (exact) mass is 613 g/mol. The van der Waals surface area contributed by atoms with E-state index in [0.717, 1.165) is 34.9 Å². The number of para-hydroxylation sites is 1. The molecule has 43 heavy (non-hydrogen) atoms. The number of aryl methyl sites for hydroxylation is 2. The molecule has 2 atom stereocenters. The van der Waals surface area contributed by atoms with Crippen molar-refractivity contribution in [2.24, 2.45) is 0 Å². The Morgan fingerprint density at radius 1 is 1.12 bits per heavy atom. The fourth-order valence-electron chi connectivity index (χ4n) is 6.40. The van der Waals surface area contributed by atoms with Crippen LogP contribution in [0.4, 0.5) is 18.9 Å². The summed E-state index contributed by atoms with van der Waals surface area (Å²) < 4.78 is 70.5. The van der Waals surface area contributed by atoms with Gasteiger partial charge in [-0.25, -0.2) is 8.42 Å². The highest BCUT2D eigenvalue weighted by atomic mass is 32.2. The topological polar surface area (TPSA) is 108 Å². The van der Waals surface area contributed by atoms with Gasteiger partial charge in [-0.05, 0) is 72.7 Å². The first-order valence-corrected chi connectivity index (χ1v) is 15.4. The van der Waals surface area contributed by atoms with Crippen LogP contribution in [0.5, 0.6) is 0 Å². The molecule has 4 aromatic rings. The van der Waals surface area contributed by atoms with E-state index in [1.165, 1.54) is 16.6 Å². The molecule has 0 amide bonds. The summed E-state index contributed by atoms with van der Waals surface area (Å²) in [5.41, 5.74) is 3.77. The van der Waals surface area contributed by atoms with Crippen LogP contribution in [0, 0.1) is 13.8 Å². The molecule has 0 saturated carbocycles. The second kappa shape index (κ2) is 10.6. The number of carboxylic acid groups (broad SMARTS) is 1. The van der Waals surface area contributed by atoms with Crippen LogP contribution in [0.2, 0.25) is 0 Å². The van der Waals surface area contributed by atoms with E-state index < -0.39 is 33.9 Å². The molecule has 2 aliphatic rings. The Balaban J connectivity index is 1.40. The van der Waals surface area contributed by atoms with Gasteiger partial charge in [-0.3, -0.25) is 9.20 Å². The number of pyridine rings is 1. The van der Waals surface area contributed by atoms with Crippen LogP contribution in [-0.2, 0) is 27.5 Å². The largest absolute Gasteiger partial charge is 0.481 e. The van der Waals surface area contributed by atoms with Gasteiger partial charge in [0, 0.05) is 37.8 Å². The number of nitrogens with zero attached hydrogens (tertiary/aromatic N) is 5. The second-order valence-corrected chi connectivity index (χ2v) is 13.1. The average molecular weight is 614 g/mol. The van der Waals surface area contributed by atoms with Crippen molar-refractivity contribution < 1.29 is 31.5 Å². The van der Waals surface area contributed by atoms with Crippen LogP contribution in [0.25, 0.3) is 5.65 Å². The van der Waals surface area contributed by atoms with Crippen molar-refractivity contribution in [3.05, 3.63) is 88.4 Å². The number of aliphatic carboxylic acids is 1. The molecule has 0 bridgehead atoms. The number of aromatic nitrogens is 3. The normalized spacial score (nSPS) is 19.2. The zero-order valence-electron chi connectivity index (χ0n) is 23.5. The van der Waals surface area contributed by atoms with Crippen LogP contribution in [0.15, 0.2) is 59.6 Å². The number of alkyl halides is 3. The molecule has 0 spiro atoms. The average Bonchev–Trinajstić information content (AvgIpc) is 3.59. The highest BCUT2D eigenvalue weighted by molar-refractivity contribution is 7.89. The summed E-state index contributed by atoms with van der Waals surface area (Å²) in [6.07, 6.45) is -1.98. The molecule has 0 radical (unpaired) electrons. The number of hydrogen-bond donors (Lipinski definition) is 1. The molecule has 2 aromatic carbocycles. The van der Waals surface area contributed by atoms with E-state index in [0.29, 0.717) is 28.9 Å². The fourth-order valence-corrected chi connectivity index (χ4v) is 8.05. The first-order valence-electron chi connectivity index (χ1n) is 13.9. The molecule has 0 aliphatic carbocycles. The van der Waals surface area contributed by atoms with Crippen molar-refractivity contribution in [2.75, 3.05) is 18.0 Å². The van der Waals surface area contributed by atoms with Gasteiger partial charge in [-0.15, -0.1) is 10.2 Å². The Morgan fingerprint density at radius 3 is 2.63 bits per heavy atom. The molecular formula is C30H30F3N5O4S. The van der Waals surface area contributed by atoms with Crippen molar-refractivity contribution in [3.63, 3.8) is 0 Å². The number of carbonyl (C=O) groups is 1. The van der Waals surface area contributed by atoms with Gasteiger partial charge in [0.25, 0.3) is 0 Å². The van der Waals surface area contributed by atoms with Crippen LogP contribution < -0.4 is 4.90 Å². The Hall–Kier alpha value is -3.97. The molecule has 0 unspecified atom stereocenters. The summed E-state index contributed by atoms with van der Waals surface area (Å²) in [6, 6.07) is 14.0. The number of anilines is 1. The standard InChI is InChI=1S/C30H30F3N5O4S/c1-18-9-10-20(24(15-27(39)40)23-11-13-38-28(19(23)2)34-35-29(38)30(31,32)33)14-21(18)16-36-17-22-6-5-12-37(22)25-7-3-4-8-26(25)43(36,41)42/h3-4,7-11,13-14,22,24H,5-6,12,15-17H2,1-2H3,(H,39,40)/t22-,24-/m0/s1. The zero-order chi connectivity index (χ0) is 30.7. The zero-order valence-corrected chi connectivity index (χ0v) is 24.4. The first-order chi connectivity index (χ1) is 20.4. The lowest BCUT2D eigenvalue weighted by Crippen LogP contribution is -2.39. The van der Waals surface area contributed by atoms with Gasteiger partial charge in [0.2, 0.25) is 15.8 Å². The number of rotatable bonds is 6. The fraction of sp³-hybridized carbons (Fsp3) is 0.367. The predicted molar refractivity (Wildman–Crippen MR) is 152 cm³/mol. The molecule has 6 rings (SSSR count). The molecule has 4 heterocycles. The van der Waals surface area contributed by atoms with E-state index in [9.17, 15) is 31.5 Å². The third-order valence-electron chi connectivity index (χ3n) is 8.58. The molecule has 226 valence electrons. The number of carboxylic acids is 1. The summed E-state index contributed by atoms with van der Waals surface area (Å²) in [5, 5.41) is 16.9. The maximum Gasteiger partial charge on any atom is 0.452 e. The van der Waals surface area contributed by atoms with Crippen molar-refractivity contribution >= 4 is 27.3 Å². The van der Waals surface area contributed by atoms with Gasteiger partial charge in [0.1, 0.15) is 4.90 Å². The lowest BCUT2D eigenvalue weighted by Gasteiger charge is -2.27. The lowest BCUT2D eigenvalue weighted by atomic mass is 9.85. The van der Waals surface area contributed by atoms with Crippen molar-refractivity contribution in [1.82, 2.24) is 18.9 Å². The SMILES string of the molecule is Cc1ccc([C@H](CC(=O)O)c2ccn3c(C(F)(F)F)nnc3c2C)cc1CN1C[C@@H]2CCCN2c2ccccc2S1(=O)=O. The van der Waals surface area contributed by atoms with E-state index in [-0.39, 0.29) is 29.6 Å². The smallest absolute Gasteiger partial charge is 0.452 e. The van der Waals surface area contributed by atoms with Gasteiger partial charge < -0.3 is 10.0 Å². The second-order valence-electron chi connectivity index (χ2n) is 11.2. The van der Waals surface area contributed by atoms with Crippen molar-refractivity contribution in [2.45, 2.75) is 62.7 Å². The van der Waals surface area contributed by atoms with Crippen molar-refractivity contribution in [1.29, 1.82) is 0 Å². The minimum absolute atomic E-state index is 0.0111. The number of benzene rings is 2. The Bertz CT molecular complexity index is 1840. The predicted octanol–water partition coefficient (Wildman–Crippen LogP) is 5.14.